The SMILES string of the molecule is CC1(CO)CN(c2ccccc2)NC1=O.[Br-].[K+].c1ccc2n[nH]nc2c1. The molecular weight excluding hydrogens is 425 g/mol. The van der Waals surface area contributed by atoms with Crippen LogP contribution in [0.15, 0.2) is 54.6 Å². The van der Waals surface area contributed by atoms with Gasteiger partial charge in [0.2, 0.25) is 5.91 Å². The topological polar surface area (TPSA) is 94.1 Å². The molecule has 0 saturated carbocycles. The fourth-order valence-electron chi connectivity index (χ4n) is 2.39. The predicted octanol–water partition coefficient (Wildman–Crippen LogP) is -4.50. The minimum absolute atomic E-state index is 0. The van der Waals surface area contributed by atoms with Crippen LogP contribution >= 0.6 is 0 Å². The zero-order chi connectivity index (χ0) is 17.0. The fraction of sp³-hybridized carbons (Fsp3) is 0.235. The van der Waals surface area contributed by atoms with Crippen molar-refractivity contribution in [3.05, 3.63) is 54.6 Å². The van der Waals surface area contributed by atoms with Gasteiger partial charge in [-0.05, 0) is 31.2 Å². The Morgan fingerprint density at radius 2 is 1.62 bits per heavy atom. The molecule has 1 aliphatic heterocycles. The van der Waals surface area contributed by atoms with E-state index in [9.17, 15) is 9.90 Å². The minimum atomic E-state index is -0.699. The van der Waals surface area contributed by atoms with E-state index in [2.05, 4.69) is 20.8 Å². The Labute approximate surface area is 204 Å². The van der Waals surface area contributed by atoms with Crippen molar-refractivity contribution in [1.82, 2.24) is 20.8 Å². The molecule has 1 unspecified atom stereocenters. The zero-order valence-corrected chi connectivity index (χ0v) is 19.4. The van der Waals surface area contributed by atoms with Crippen LogP contribution in [0.1, 0.15) is 6.92 Å². The number of carbonyl (C=O) groups excluding carboxylic acids is 1. The quantitative estimate of drug-likeness (QED) is 0.347. The molecule has 7 nitrogen and oxygen atoms in total. The summed E-state index contributed by atoms with van der Waals surface area (Å²) in [5.74, 6) is -0.131. The summed E-state index contributed by atoms with van der Waals surface area (Å²) < 4.78 is 0. The number of aliphatic hydroxyl groups excluding tert-OH is 1. The number of aromatic nitrogens is 3. The van der Waals surface area contributed by atoms with Gasteiger partial charge >= 0.3 is 51.4 Å². The molecule has 4 rings (SSSR count). The maximum Gasteiger partial charge on any atom is 1.00 e. The van der Waals surface area contributed by atoms with Crippen LogP contribution < -0.4 is 78.8 Å². The number of hydrazine groups is 1. The van der Waals surface area contributed by atoms with Crippen molar-refractivity contribution < 1.29 is 78.3 Å². The number of carbonyl (C=O) groups is 1. The van der Waals surface area contributed by atoms with E-state index in [1.54, 1.807) is 11.9 Å². The van der Waals surface area contributed by atoms with Crippen LogP contribution in [-0.2, 0) is 4.79 Å². The Hall–Kier alpha value is -0.814. The normalized spacial score (nSPS) is 18.2. The predicted molar refractivity (Wildman–Crippen MR) is 91.0 cm³/mol. The number of para-hydroxylation sites is 3. The first-order chi connectivity index (χ1) is 11.6. The van der Waals surface area contributed by atoms with Crippen molar-refractivity contribution in [3.63, 3.8) is 0 Å². The number of fused-ring (bicyclic) bond motifs is 1. The maximum atomic E-state index is 11.6. The first kappa shape index (κ1) is 23.2. The van der Waals surface area contributed by atoms with Crippen LogP contribution in [0.3, 0.4) is 0 Å². The number of rotatable bonds is 2. The first-order valence-electron chi connectivity index (χ1n) is 7.62. The second kappa shape index (κ2) is 10.5. The Morgan fingerprint density at radius 1 is 1.08 bits per heavy atom. The maximum absolute atomic E-state index is 11.6. The van der Waals surface area contributed by atoms with Crippen molar-refractivity contribution in [1.29, 1.82) is 0 Å². The summed E-state index contributed by atoms with van der Waals surface area (Å²) in [6, 6.07) is 17.3. The largest absolute Gasteiger partial charge is 1.00 e. The van der Waals surface area contributed by atoms with Crippen molar-refractivity contribution in [3.8, 4) is 0 Å². The van der Waals surface area contributed by atoms with E-state index in [0.717, 1.165) is 16.7 Å². The Kier molecular flexibility index (Phi) is 9.38. The van der Waals surface area contributed by atoms with Gasteiger partial charge in [-0.25, -0.2) is 0 Å². The third-order valence-corrected chi connectivity index (χ3v) is 3.93. The van der Waals surface area contributed by atoms with Gasteiger partial charge in [-0.1, -0.05) is 30.3 Å². The number of hydrogen-bond acceptors (Lipinski definition) is 5. The van der Waals surface area contributed by atoms with E-state index in [1.165, 1.54) is 0 Å². The molecule has 0 spiro atoms. The fourth-order valence-corrected chi connectivity index (χ4v) is 2.39. The van der Waals surface area contributed by atoms with Gasteiger partial charge in [0.1, 0.15) is 11.0 Å². The Bertz CT molecular complexity index is 802. The zero-order valence-electron chi connectivity index (χ0n) is 14.7. The molecule has 3 N–H and O–H groups in total. The number of nitrogens with one attached hydrogen (secondary N) is 2. The van der Waals surface area contributed by atoms with Gasteiger partial charge in [-0.3, -0.25) is 15.2 Å². The summed E-state index contributed by atoms with van der Waals surface area (Å²) >= 11 is 0. The molecule has 1 atom stereocenters. The van der Waals surface area contributed by atoms with Crippen LogP contribution in [0.4, 0.5) is 5.69 Å². The van der Waals surface area contributed by atoms with Gasteiger partial charge in [0.15, 0.2) is 0 Å². The number of anilines is 1. The number of H-pyrrole nitrogens is 1. The molecule has 1 amide bonds. The Morgan fingerprint density at radius 3 is 2.12 bits per heavy atom. The first-order valence-corrected chi connectivity index (χ1v) is 7.62. The van der Waals surface area contributed by atoms with Crippen LogP contribution in [0.5, 0.6) is 0 Å². The van der Waals surface area contributed by atoms with Crippen LogP contribution in [-0.4, -0.2) is 39.6 Å². The molecule has 26 heavy (non-hydrogen) atoms. The van der Waals surface area contributed by atoms with Crippen molar-refractivity contribution in [2.45, 2.75) is 6.92 Å². The molecule has 1 aromatic heterocycles. The average molecular weight is 444 g/mol. The molecule has 0 aliphatic carbocycles. The number of hydrogen-bond donors (Lipinski definition) is 3. The van der Waals surface area contributed by atoms with Crippen LogP contribution in [0, 0.1) is 5.41 Å². The summed E-state index contributed by atoms with van der Waals surface area (Å²) in [7, 11) is 0. The van der Waals surface area contributed by atoms with Gasteiger partial charge < -0.3 is 22.1 Å². The van der Waals surface area contributed by atoms with Crippen molar-refractivity contribution in [2.75, 3.05) is 18.2 Å². The van der Waals surface area contributed by atoms with Gasteiger partial charge in [-0.2, -0.15) is 15.4 Å². The van der Waals surface area contributed by atoms with Crippen LogP contribution in [0.25, 0.3) is 11.0 Å². The summed E-state index contributed by atoms with van der Waals surface area (Å²) in [5, 5.41) is 21.2. The molecule has 1 fully saturated rings. The molecule has 9 heteroatoms. The number of benzene rings is 2. The summed E-state index contributed by atoms with van der Waals surface area (Å²) in [5.41, 5.74) is 4.81. The Balaban J connectivity index is 0.000000266. The molecule has 0 radical (unpaired) electrons. The van der Waals surface area contributed by atoms with E-state index in [-0.39, 0.29) is 80.9 Å². The van der Waals surface area contributed by atoms with Gasteiger partial charge in [0, 0.05) is 0 Å². The van der Waals surface area contributed by atoms with E-state index in [0.29, 0.717) is 6.54 Å². The molecule has 2 aromatic carbocycles. The number of amides is 1. The second-order valence-corrected chi connectivity index (χ2v) is 5.89. The third-order valence-electron chi connectivity index (χ3n) is 3.93. The van der Waals surface area contributed by atoms with Gasteiger partial charge in [0.05, 0.1) is 24.3 Å². The van der Waals surface area contributed by atoms with Crippen LogP contribution in [0.2, 0.25) is 0 Å². The molecule has 132 valence electrons. The molecule has 1 saturated heterocycles. The number of aromatic amines is 1. The summed E-state index contributed by atoms with van der Waals surface area (Å²) in [6.45, 7) is 2.11. The van der Waals surface area contributed by atoms with E-state index >= 15 is 0 Å². The average Bonchev–Trinajstić information content (AvgIpc) is 3.22. The minimum Gasteiger partial charge on any atom is -1.00 e. The number of aliphatic hydroxyl groups is 1. The van der Waals surface area contributed by atoms with Crippen molar-refractivity contribution in [2.24, 2.45) is 5.41 Å². The molecule has 2 heterocycles. The summed E-state index contributed by atoms with van der Waals surface area (Å²) in [4.78, 5) is 11.6. The standard InChI is InChI=1S/C11H14N2O2.C6H5N3.BrH.K/c1-11(8-14)7-13(12-10(11)15)9-5-3-2-4-6-9;1-2-4-6-5(3-1)7-9-8-6;;/h2-6,14H,7-8H2,1H3,(H,12,15);1-4H,(H,7,8,9);1H;/q;;;+1/p-1. The van der Waals surface area contributed by atoms with E-state index in [4.69, 9.17) is 0 Å². The number of halogens is 1. The monoisotopic (exact) mass is 443 g/mol. The van der Waals surface area contributed by atoms with Gasteiger partial charge in [0.25, 0.3) is 0 Å². The smallest absolute Gasteiger partial charge is 1.00 e. The second-order valence-electron chi connectivity index (χ2n) is 5.89. The van der Waals surface area contributed by atoms with Crippen molar-refractivity contribution >= 4 is 22.6 Å². The molecule has 3 aromatic rings. The number of nitrogens with zero attached hydrogens (tertiary/aromatic N) is 3. The third kappa shape index (κ3) is 5.35. The van der Waals surface area contributed by atoms with E-state index < -0.39 is 5.41 Å². The summed E-state index contributed by atoms with van der Waals surface area (Å²) in [6.07, 6.45) is 0. The molecule has 1 aliphatic rings. The molecule has 0 bridgehead atoms. The molecular formula is C17H19BrKN5O2. The van der Waals surface area contributed by atoms with E-state index in [1.807, 2.05) is 54.6 Å². The van der Waals surface area contributed by atoms with Gasteiger partial charge in [-0.15, -0.1) is 0 Å².